The van der Waals surface area contributed by atoms with Crippen molar-refractivity contribution >= 4 is 6.16 Å². The number of hydrogen-bond donors (Lipinski definition) is 0. The molecule has 27 heavy (non-hydrogen) atoms. The van der Waals surface area contributed by atoms with Gasteiger partial charge in [-0.1, -0.05) is 33.1 Å². The summed E-state index contributed by atoms with van der Waals surface area (Å²) in [6, 6.07) is 0. The molecule has 1 fully saturated rings. The van der Waals surface area contributed by atoms with Crippen LogP contribution >= 0.6 is 0 Å². The molecule has 1 aliphatic carbocycles. The lowest BCUT2D eigenvalue weighted by Gasteiger charge is -2.45. The van der Waals surface area contributed by atoms with Gasteiger partial charge in [0, 0.05) is 5.92 Å². The molecule has 1 saturated carbocycles. The molecule has 0 radical (unpaired) electrons. The molecule has 9 heteroatoms. The topological polar surface area (TPSA) is 35.5 Å². The van der Waals surface area contributed by atoms with Gasteiger partial charge < -0.3 is 9.47 Å². The lowest BCUT2D eigenvalue weighted by Crippen LogP contribution is -2.65. The molecule has 160 valence electrons. The average Bonchev–Trinajstić information content (AvgIpc) is 2.47. The minimum Gasteiger partial charge on any atom is -0.429 e. The second kappa shape index (κ2) is 8.07. The predicted octanol–water partition coefficient (Wildman–Crippen LogP) is 6.65. The van der Waals surface area contributed by atoms with Crippen molar-refractivity contribution in [3.63, 3.8) is 0 Å². The Bertz CT molecular complexity index is 493. The zero-order valence-electron chi connectivity index (χ0n) is 16.3. The number of rotatable bonds is 4. The number of alkyl halides is 6. The van der Waals surface area contributed by atoms with Crippen molar-refractivity contribution in [2.75, 3.05) is 0 Å². The lowest BCUT2D eigenvalue weighted by atomic mass is 9.68. The summed E-state index contributed by atoms with van der Waals surface area (Å²) in [7, 11) is 0. The third-order valence-electron chi connectivity index (χ3n) is 5.21. The first-order valence-corrected chi connectivity index (χ1v) is 9.10. The number of carbonyl (C=O) groups excluding carboxylic acids is 1. The monoisotopic (exact) mass is 406 g/mol. The molecule has 3 unspecified atom stereocenters. The molecule has 0 N–H and O–H groups in total. The fourth-order valence-corrected chi connectivity index (χ4v) is 3.67. The summed E-state index contributed by atoms with van der Waals surface area (Å²) < 4.78 is 91.6. The molecule has 1 aliphatic rings. The van der Waals surface area contributed by atoms with Crippen molar-refractivity contribution in [1.82, 2.24) is 0 Å². The normalized spacial score (nSPS) is 23.7. The number of carbonyl (C=O) groups is 1. The Morgan fingerprint density at radius 3 is 1.93 bits per heavy atom. The summed E-state index contributed by atoms with van der Waals surface area (Å²) in [5.74, 6) is -2.22. The van der Waals surface area contributed by atoms with Crippen molar-refractivity contribution in [1.29, 1.82) is 0 Å². The van der Waals surface area contributed by atoms with Crippen LogP contribution in [0, 0.1) is 17.8 Å². The molecule has 3 atom stereocenters. The van der Waals surface area contributed by atoms with Crippen LogP contribution in [0.3, 0.4) is 0 Å². The summed E-state index contributed by atoms with van der Waals surface area (Å²) in [5, 5.41) is 0. The molecule has 0 aromatic rings. The summed E-state index contributed by atoms with van der Waals surface area (Å²) in [4.78, 5) is 11.8. The molecule has 1 rings (SSSR count). The van der Waals surface area contributed by atoms with E-state index in [9.17, 15) is 31.1 Å². The largest absolute Gasteiger partial charge is 0.510 e. The molecular formula is C18H28F6O3. The molecule has 0 saturated heterocycles. The van der Waals surface area contributed by atoms with E-state index in [-0.39, 0.29) is 31.1 Å². The van der Waals surface area contributed by atoms with Crippen LogP contribution in [0.1, 0.15) is 66.7 Å². The molecule has 0 bridgehead atoms. The van der Waals surface area contributed by atoms with Gasteiger partial charge in [-0.15, -0.1) is 0 Å². The second-order valence-corrected chi connectivity index (χ2v) is 8.31. The molecule has 0 spiro atoms. The van der Waals surface area contributed by atoms with Gasteiger partial charge in [0.1, 0.15) is 5.60 Å². The van der Waals surface area contributed by atoms with E-state index in [2.05, 4.69) is 9.47 Å². The molecular weight excluding hydrogens is 378 g/mol. The maximum atomic E-state index is 13.8. The van der Waals surface area contributed by atoms with Crippen LogP contribution < -0.4 is 0 Å². The van der Waals surface area contributed by atoms with Crippen LogP contribution in [0.15, 0.2) is 0 Å². The summed E-state index contributed by atoms with van der Waals surface area (Å²) >= 11 is 0. The van der Waals surface area contributed by atoms with Crippen LogP contribution in [0.25, 0.3) is 0 Å². The van der Waals surface area contributed by atoms with Gasteiger partial charge >= 0.3 is 24.1 Å². The predicted molar refractivity (Wildman–Crippen MR) is 87.1 cm³/mol. The average molecular weight is 406 g/mol. The van der Waals surface area contributed by atoms with E-state index in [4.69, 9.17) is 0 Å². The molecule has 0 aromatic carbocycles. The zero-order chi connectivity index (χ0) is 21.3. The Labute approximate surface area is 155 Å². The van der Waals surface area contributed by atoms with E-state index in [0.717, 1.165) is 0 Å². The third kappa shape index (κ3) is 5.44. The number of hydrogen-bond acceptors (Lipinski definition) is 3. The van der Waals surface area contributed by atoms with Gasteiger partial charge in [-0.3, -0.25) is 0 Å². The first-order chi connectivity index (χ1) is 12.0. The van der Waals surface area contributed by atoms with Crippen LogP contribution in [0.5, 0.6) is 0 Å². The van der Waals surface area contributed by atoms with Gasteiger partial charge in [0.15, 0.2) is 0 Å². The van der Waals surface area contributed by atoms with Gasteiger partial charge in [0.2, 0.25) is 0 Å². The van der Waals surface area contributed by atoms with E-state index in [1.807, 2.05) is 13.8 Å². The summed E-state index contributed by atoms with van der Waals surface area (Å²) in [5.41, 5.74) is -5.86. The standard InChI is InChI=1S/C18H28F6O3/c1-6-11(2)12-8-7-9-13(10-12)16(17(19,20)21,18(22,23)24)27-14(25)26-15(3,4)5/h11-13H,6-10H2,1-5H3. The second-order valence-electron chi connectivity index (χ2n) is 8.31. The minimum atomic E-state index is -5.82. The van der Waals surface area contributed by atoms with E-state index < -0.39 is 35.6 Å². The van der Waals surface area contributed by atoms with Crippen molar-refractivity contribution in [2.24, 2.45) is 17.8 Å². The Kier molecular flexibility index (Phi) is 7.14. The van der Waals surface area contributed by atoms with Crippen LogP contribution in [0.2, 0.25) is 0 Å². The Morgan fingerprint density at radius 2 is 1.52 bits per heavy atom. The van der Waals surface area contributed by atoms with E-state index in [0.29, 0.717) is 12.8 Å². The van der Waals surface area contributed by atoms with E-state index >= 15 is 0 Å². The fourth-order valence-electron chi connectivity index (χ4n) is 3.67. The fraction of sp³-hybridized carbons (Fsp3) is 0.944. The summed E-state index contributed by atoms with van der Waals surface area (Å²) in [6.07, 6.45) is -12.8. The number of ether oxygens (including phenoxy) is 2. The first-order valence-electron chi connectivity index (χ1n) is 9.10. The highest BCUT2D eigenvalue weighted by Gasteiger charge is 2.77. The van der Waals surface area contributed by atoms with E-state index in [1.54, 1.807) is 0 Å². The first kappa shape index (κ1) is 23.9. The Balaban J connectivity index is 3.34. The van der Waals surface area contributed by atoms with Gasteiger partial charge in [-0.25, -0.2) is 4.79 Å². The Hall–Kier alpha value is -1.15. The summed E-state index contributed by atoms with van der Waals surface area (Å²) in [6.45, 7) is 7.64. The lowest BCUT2D eigenvalue weighted by molar-refractivity contribution is -0.388. The molecule has 0 heterocycles. The minimum absolute atomic E-state index is 0.0199. The molecule has 3 nitrogen and oxygen atoms in total. The van der Waals surface area contributed by atoms with Crippen LogP contribution in [-0.4, -0.2) is 29.7 Å². The van der Waals surface area contributed by atoms with Crippen molar-refractivity contribution in [3.05, 3.63) is 0 Å². The number of halogens is 6. The van der Waals surface area contributed by atoms with Crippen LogP contribution in [-0.2, 0) is 9.47 Å². The molecule has 0 aliphatic heterocycles. The third-order valence-corrected chi connectivity index (χ3v) is 5.21. The van der Waals surface area contributed by atoms with E-state index in [1.165, 1.54) is 20.8 Å². The van der Waals surface area contributed by atoms with Crippen molar-refractivity contribution in [3.8, 4) is 0 Å². The Morgan fingerprint density at radius 1 is 1.00 bits per heavy atom. The highest BCUT2D eigenvalue weighted by molar-refractivity contribution is 5.61. The quantitative estimate of drug-likeness (QED) is 0.387. The van der Waals surface area contributed by atoms with Crippen molar-refractivity contribution in [2.45, 2.75) is 90.3 Å². The highest BCUT2D eigenvalue weighted by atomic mass is 19.4. The SMILES string of the molecule is CCC(C)C1CCCC(C(OC(=O)OC(C)(C)C)(C(F)(F)F)C(F)(F)F)C1. The smallest absolute Gasteiger partial charge is 0.429 e. The van der Waals surface area contributed by atoms with Crippen molar-refractivity contribution < 1.29 is 40.6 Å². The molecule has 0 aromatic heterocycles. The van der Waals surface area contributed by atoms with Gasteiger partial charge in [0.05, 0.1) is 0 Å². The van der Waals surface area contributed by atoms with Crippen LogP contribution in [0.4, 0.5) is 31.1 Å². The van der Waals surface area contributed by atoms with Gasteiger partial charge in [0.25, 0.3) is 0 Å². The maximum Gasteiger partial charge on any atom is 0.510 e. The van der Waals surface area contributed by atoms with Gasteiger partial charge in [-0.2, -0.15) is 26.3 Å². The maximum absolute atomic E-state index is 13.8. The molecule has 0 amide bonds. The zero-order valence-corrected chi connectivity index (χ0v) is 16.3. The van der Waals surface area contributed by atoms with Gasteiger partial charge in [-0.05, 0) is 45.4 Å². The highest BCUT2D eigenvalue weighted by Crippen LogP contribution is 2.55.